The summed E-state index contributed by atoms with van der Waals surface area (Å²) in [5.41, 5.74) is 36.5. The lowest BCUT2D eigenvalue weighted by Crippen LogP contribution is -2.02. The Balaban J connectivity index is 0.000000129. The van der Waals surface area contributed by atoms with Crippen molar-refractivity contribution >= 4 is 75.5 Å². The number of aromatic nitrogens is 15. The first kappa shape index (κ1) is 73.4. The van der Waals surface area contributed by atoms with E-state index in [2.05, 4.69) is 227 Å². The van der Waals surface area contributed by atoms with Crippen LogP contribution in [0.15, 0.2) is 120 Å². The van der Waals surface area contributed by atoms with E-state index in [0.717, 1.165) is 123 Å². The van der Waals surface area contributed by atoms with Crippen LogP contribution < -0.4 is 10.5 Å². The second kappa shape index (κ2) is 29.7. The SMILES string of the molecule is CCOc1cccc(-n2c(C)c3c(C)nnc(C)c3c2C)c1.Cc1ccc(-n2c(C)c3c(C)nnc(C)c3c2C)cc1C.Cc1nnc(C)c2c(C)n(-c3ccc(Br)cc3)c(C)c12.Cc1nnc(C)c2c(C)n(-c3ccc(F)cc3)c(C)c12.Cc1nnc(C)c2c(C)n(-c3ccccc3N)c(C)c12. The second-order valence-electron chi connectivity index (χ2n) is 26.8. The fourth-order valence-corrected chi connectivity index (χ4v) is 15.7. The minimum absolute atomic E-state index is 0.225. The fourth-order valence-electron chi connectivity index (χ4n) is 15.4. The van der Waals surface area contributed by atoms with Crippen molar-refractivity contribution in [1.82, 2.24) is 73.8 Å². The van der Waals surface area contributed by atoms with Crippen LogP contribution in [0.4, 0.5) is 10.1 Å². The molecule has 103 heavy (non-hydrogen) atoms. The van der Waals surface area contributed by atoms with Crippen LogP contribution in [0.2, 0.25) is 0 Å². The van der Waals surface area contributed by atoms with Gasteiger partial charge in [0.2, 0.25) is 0 Å². The summed E-state index contributed by atoms with van der Waals surface area (Å²) in [6.07, 6.45) is 0. The van der Waals surface area contributed by atoms with E-state index in [4.69, 9.17) is 10.5 Å². The number of aryl methyl sites for hydroxylation is 22. The number of nitrogens with two attached hydrogens (primary N) is 1. The van der Waals surface area contributed by atoms with Crippen LogP contribution in [-0.2, 0) is 0 Å². The van der Waals surface area contributed by atoms with E-state index in [1.54, 1.807) is 12.1 Å². The molecule has 0 aliphatic rings. The van der Waals surface area contributed by atoms with Crippen LogP contribution in [0.1, 0.15) is 132 Å². The van der Waals surface area contributed by atoms with E-state index in [-0.39, 0.29) is 5.82 Å². The highest BCUT2D eigenvalue weighted by molar-refractivity contribution is 9.10. The molecule has 5 aromatic carbocycles. The van der Waals surface area contributed by atoms with E-state index in [1.807, 2.05) is 113 Å². The third kappa shape index (κ3) is 13.6. The minimum Gasteiger partial charge on any atom is -0.494 e. The van der Waals surface area contributed by atoms with Gasteiger partial charge in [-0.2, -0.15) is 51.0 Å². The number of ether oxygens (including phenoxy) is 1. The van der Waals surface area contributed by atoms with Crippen molar-refractivity contribution in [3.8, 4) is 34.2 Å². The van der Waals surface area contributed by atoms with Crippen molar-refractivity contribution in [3.05, 3.63) is 251 Å². The summed E-state index contributed by atoms with van der Waals surface area (Å²) in [6.45, 7) is 48.3. The van der Waals surface area contributed by atoms with Crippen LogP contribution in [0, 0.1) is 158 Å². The molecular weight excluding hydrogens is 1350 g/mol. The Hall–Kier alpha value is -10.8. The van der Waals surface area contributed by atoms with Gasteiger partial charge in [0.05, 0.1) is 74.9 Å². The molecule has 0 saturated heterocycles. The van der Waals surface area contributed by atoms with Crippen molar-refractivity contribution in [2.24, 2.45) is 0 Å². The third-order valence-electron chi connectivity index (χ3n) is 20.1. The van der Waals surface area contributed by atoms with Gasteiger partial charge in [-0.05, 0) is 255 Å². The Morgan fingerprint density at radius 2 is 0.592 bits per heavy atom. The van der Waals surface area contributed by atoms with Crippen LogP contribution in [0.25, 0.3) is 82.3 Å². The topological polar surface area (TPSA) is 189 Å². The molecule has 2 N–H and O–H groups in total. The predicted molar refractivity (Wildman–Crippen MR) is 422 cm³/mol. The molecule has 19 heteroatoms. The highest BCUT2D eigenvalue weighted by atomic mass is 79.9. The number of fused-ring (bicyclic) bond motifs is 5. The van der Waals surface area contributed by atoms with Gasteiger partial charge in [0.25, 0.3) is 0 Å². The number of para-hydroxylation sites is 2. The van der Waals surface area contributed by atoms with Crippen molar-refractivity contribution in [3.63, 3.8) is 0 Å². The van der Waals surface area contributed by atoms with Gasteiger partial charge in [0, 0.05) is 144 Å². The summed E-state index contributed by atoms with van der Waals surface area (Å²) in [4.78, 5) is 0. The van der Waals surface area contributed by atoms with Gasteiger partial charge in [0.15, 0.2) is 0 Å². The van der Waals surface area contributed by atoms with E-state index in [0.29, 0.717) is 6.61 Å². The monoisotopic (exact) mass is 1440 g/mol. The van der Waals surface area contributed by atoms with E-state index >= 15 is 0 Å². The highest BCUT2D eigenvalue weighted by Gasteiger charge is 2.24. The summed E-state index contributed by atoms with van der Waals surface area (Å²) in [5.74, 6) is 0.665. The maximum atomic E-state index is 13.1. The summed E-state index contributed by atoms with van der Waals surface area (Å²) >= 11 is 3.48. The van der Waals surface area contributed by atoms with E-state index < -0.39 is 0 Å². The van der Waals surface area contributed by atoms with Crippen LogP contribution >= 0.6 is 15.9 Å². The van der Waals surface area contributed by atoms with Crippen molar-refractivity contribution in [2.45, 2.75) is 159 Å². The Morgan fingerprint density at radius 3 is 0.903 bits per heavy atom. The summed E-state index contributed by atoms with van der Waals surface area (Å²) in [5, 5.41) is 54.5. The molecule has 0 saturated carbocycles. The number of benzene rings is 5. The van der Waals surface area contributed by atoms with Crippen molar-refractivity contribution in [1.29, 1.82) is 0 Å². The van der Waals surface area contributed by atoms with Gasteiger partial charge in [-0.1, -0.05) is 40.2 Å². The lowest BCUT2D eigenvalue weighted by molar-refractivity contribution is 0.340. The van der Waals surface area contributed by atoms with Crippen molar-refractivity contribution < 1.29 is 9.13 Å². The minimum atomic E-state index is -0.225. The molecule has 0 amide bonds. The number of anilines is 1. The Labute approximate surface area is 611 Å². The first-order chi connectivity index (χ1) is 49.0. The molecule has 10 aromatic heterocycles. The van der Waals surface area contributed by atoms with Gasteiger partial charge in [-0.25, -0.2) is 4.39 Å². The maximum absolute atomic E-state index is 13.1. The molecule has 10 heterocycles. The molecule has 0 spiro atoms. The molecule has 0 aliphatic heterocycles. The Bertz CT molecular complexity index is 5410. The predicted octanol–water partition coefficient (Wildman–Crippen LogP) is 19.8. The van der Waals surface area contributed by atoms with Crippen LogP contribution in [-0.4, -0.2) is 80.4 Å². The molecule has 17 nitrogen and oxygen atoms in total. The van der Waals surface area contributed by atoms with Gasteiger partial charge in [0.1, 0.15) is 11.6 Å². The van der Waals surface area contributed by atoms with Crippen LogP contribution in [0.3, 0.4) is 0 Å². The van der Waals surface area contributed by atoms with E-state index in [1.165, 1.54) is 112 Å². The maximum Gasteiger partial charge on any atom is 0.123 e. The molecule has 528 valence electrons. The number of nitrogens with zero attached hydrogens (tertiary/aromatic N) is 15. The number of hydrogen-bond donors (Lipinski definition) is 1. The molecule has 0 atom stereocenters. The van der Waals surface area contributed by atoms with Gasteiger partial charge in [-0.3, -0.25) is 0 Å². The first-order valence-corrected chi connectivity index (χ1v) is 35.5. The average Bonchev–Trinajstić information content (AvgIpc) is 1.63. The molecular formula is C84H92BrFN16O. The molecule has 0 aliphatic carbocycles. The zero-order valence-electron chi connectivity index (χ0n) is 63.6. The average molecular weight is 1440 g/mol. The quantitative estimate of drug-likeness (QED) is 0.149. The first-order valence-electron chi connectivity index (χ1n) is 34.7. The zero-order chi connectivity index (χ0) is 74.5. The number of nitrogen functional groups attached to an aromatic ring is 1. The normalized spacial score (nSPS) is 11.2. The lowest BCUT2D eigenvalue weighted by Gasteiger charge is -2.11. The summed E-state index contributed by atoms with van der Waals surface area (Å²) in [6, 6.07) is 37.7. The Morgan fingerprint density at radius 1 is 0.311 bits per heavy atom. The Kier molecular flexibility index (Phi) is 21.1. The molecule has 15 aromatic rings. The summed E-state index contributed by atoms with van der Waals surface area (Å²) < 4.78 is 31.0. The third-order valence-corrected chi connectivity index (χ3v) is 20.6. The molecule has 0 radical (unpaired) electrons. The van der Waals surface area contributed by atoms with Gasteiger partial charge < -0.3 is 33.3 Å². The number of halogens is 2. The number of hydrogen-bond acceptors (Lipinski definition) is 12. The standard InChI is InChI=1S/C18H21N3O.C18H21N3.C16H16BrN3.C16H16FN3.C16H18N4/c1-6-22-16-9-7-8-15(10-16)21-13(4)17-11(2)19-20-12(3)18(17)14(21)5;1-10-7-8-16(9-11(10)2)21-14(5)17-12(3)19-20-13(4)18(17)15(21)6;2*1-9-15-11(3)20(14-7-5-13(17)6-8-14)12(4)16(15)10(2)19-18-9;1-9-15-11(3)20(14-8-6-5-7-13(14)17)12(4)16(15)10(2)19-18-9/h7-10H,6H2,1-5H3;7-9H,1-6H3;2*5-8H,1-4H3;5-8H,17H2,1-4H3. The molecule has 0 fully saturated rings. The van der Waals surface area contributed by atoms with Gasteiger partial charge >= 0.3 is 0 Å². The molecule has 15 rings (SSSR count). The van der Waals surface area contributed by atoms with Gasteiger partial charge in [-0.15, -0.1) is 0 Å². The largest absolute Gasteiger partial charge is 0.494 e. The van der Waals surface area contributed by atoms with Crippen LogP contribution in [0.5, 0.6) is 5.75 Å². The lowest BCUT2D eigenvalue weighted by atomic mass is 10.1. The highest BCUT2D eigenvalue weighted by Crippen LogP contribution is 2.38. The second-order valence-corrected chi connectivity index (χ2v) is 27.8. The number of rotatable bonds is 7. The summed E-state index contributed by atoms with van der Waals surface area (Å²) in [7, 11) is 0. The smallest absolute Gasteiger partial charge is 0.123 e. The van der Waals surface area contributed by atoms with E-state index in [9.17, 15) is 4.39 Å². The molecule has 0 bridgehead atoms. The van der Waals surface area contributed by atoms with Crippen molar-refractivity contribution in [2.75, 3.05) is 12.3 Å². The fraction of sp³-hybridized carbons (Fsp3) is 0.286. The molecule has 0 unspecified atom stereocenters. The zero-order valence-corrected chi connectivity index (χ0v) is 65.2.